The number of aromatic nitrogens is 3. The highest BCUT2D eigenvalue weighted by atomic mass is 19.4. The van der Waals surface area contributed by atoms with Gasteiger partial charge in [0.25, 0.3) is 0 Å². The van der Waals surface area contributed by atoms with Gasteiger partial charge in [0, 0.05) is 11.9 Å². The lowest BCUT2D eigenvalue weighted by Gasteiger charge is -2.25. The maximum absolute atomic E-state index is 12.8. The minimum absolute atomic E-state index is 0.0371. The molecule has 1 fully saturated rings. The van der Waals surface area contributed by atoms with Crippen LogP contribution in [0.4, 0.5) is 24.7 Å². The molecule has 4 rings (SSSR count). The number of piperidine rings is 1. The van der Waals surface area contributed by atoms with E-state index in [1.165, 1.54) is 18.3 Å². The Morgan fingerprint density at radius 2 is 1.87 bits per heavy atom. The first-order chi connectivity index (χ1) is 14.4. The highest BCUT2D eigenvalue weighted by Crippen LogP contribution is 2.36. The Hall–Kier alpha value is -3.34. The normalized spacial score (nSPS) is 15.2. The molecule has 0 saturated carbocycles. The number of alkyl halides is 3. The van der Waals surface area contributed by atoms with Crippen molar-refractivity contribution >= 4 is 11.5 Å². The number of nitrogens with zero attached hydrogens (tertiary/aromatic N) is 2. The second-order valence-corrected chi connectivity index (χ2v) is 6.74. The van der Waals surface area contributed by atoms with E-state index < -0.39 is 17.5 Å². The molecule has 3 N–H and O–H groups in total. The van der Waals surface area contributed by atoms with Crippen molar-refractivity contribution in [3.63, 3.8) is 0 Å². The van der Waals surface area contributed by atoms with Crippen molar-refractivity contribution in [3.8, 4) is 17.1 Å². The van der Waals surface area contributed by atoms with E-state index in [1.807, 2.05) is 0 Å². The summed E-state index contributed by atoms with van der Waals surface area (Å²) in [4.78, 5) is 18.2. The predicted octanol–water partition coefficient (Wildman–Crippen LogP) is 3.32. The van der Waals surface area contributed by atoms with Gasteiger partial charge < -0.3 is 15.4 Å². The molecule has 0 amide bonds. The summed E-state index contributed by atoms with van der Waals surface area (Å²) < 4.78 is 49.1. The molecule has 11 heteroatoms. The third-order valence-corrected chi connectivity index (χ3v) is 4.64. The largest absolute Gasteiger partial charge is 0.489 e. The van der Waals surface area contributed by atoms with Gasteiger partial charge in [-0.3, -0.25) is 9.51 Å². The van der Waals surface area contributed by atoms with Crippen LogP contribution < -0.4 is 21.1 Å². The number of aromatic amines is 1. The molecule has 3 heterocycles. The Balaban J connectivity index is 1.68. The molecule has 2 aromatic heterocycles. The van der Waals surface area contributed by atoms with Gasteiger partial charge in [-0.05, 0) is 56.3 Å². The number of hydrogen-bond donors (Lipinski definition) is 3. The van der Waals surface area contributed by atoms with Crippen LogP contribution in [0.1, 0.15) is 18.4 Å². The van der Waals surface area contributed by atoms with Gasteiger partial charge in [0.15, 0.2) is 5.82 Å². The Morgan fingerprint density at radius 3 is 2.50 bits per heavy atom. The fraction of sp³-hybridized carbons (Fsp3) is 0.316. The van der Waals surface area contributed by atoms with Crippen LogP contribution in [0.3, 0.4) is 0 Å². The van der Waals surface area contributed by atoms with E-state index >= 15 is 0 Å². The molecule has 0 atom stereocenters. The zero-order chi connectivity index (χ0) is 21.1. The van der Waals surface area contributed by atoms with Crippen LogP contribution in [-0.4, -0.2) is 34.3 Å². The molecule has 1 saturated heterocycles. The molecule has 0 bridgehead atoms. The third kappa shape index (κ3) is 4.46. The van der Waals surface area contributed by atoms with Crippen LogP contribution in [-0.2, 0) is 6.18 Å². The first-order valence-electron chi connectivity index (χ1n) is 9.27. The highest BCUT2D eigenvalue weighted by Gasteiger charge is 2.30. The monoisotopic (exact) mass is 421 g/mol. The minimum Gasteiger partial charge on any atom is -0.489 e. The van der Waals surface area contributed by atoms with Crippen LogP contribution in [0.25, 0.3) is 11.4 Å². The van der Waals surface area contributed by atoms with E-state index in [0.717, 1.165) is 38.1 Å². The number of anilines is 2. The standard InChI is InChI=1S/C19H18F3N5O3/c20-19(21,22)11-1-3-12(4-2-11)25-16-15(17-26-18(28)30-27-17)14(7-10-24-16)29-13-5-8-23-9-6-13/h1-4,7,10,13,23H,5-6,8-9H2,(H,24,25)(H,26,27,28). The average molecular weight is 421 g/mol. The quantitative estimate of drug-likeness (QED) is 0.580. The number of benzene rings is 1. The average Bonchev–Trinajstić information content (AvgIpc) is 3.14. The molecule has 8 nitrogen and oxygen atoms in total. The highest BCUT2D eigenvalue weighted by molar-refractivity contribution is 5.79. The van der Waals surface area contributed by atoms with Gasteiger partial charge in [-0.25, -0.2) is 9.78 Å². The Morgan fingerprint density at radius 1 is 1.13 bits per heavy atom. The maximum atomic E-state index is 12.8. The summed E-state index contributed by atoms with van der Waals surface area (Å²) in [7, 11) is 0. The van der Waals surface area contributed by atoms with Crippen LogP contribution in [0.2, 0.25) is 0 Å². The predicted molar refractivity (Wildman–Crippen MR) is 102 cm³/mol. The Kier molecular flexibility index (Phi) is 5.44. The molecular weight excluding hydrogens is 403 g/mol. The minimum atomic E-state index is -4.43. The summed E-state index contributed by atoms with van der Waals surface area (Å²) in [5, 5.41) is 9.94. The molecule has 3 aromatic rings. The van der Waals surface area contributed by atoms with Gasteiger partial charge in [-0.15, -0.1) is 0 Å². The fourth-order valence-corrected chi connectivity index (χ4v) is 3.18. The van der Waals surface area contributed by atoms with E-state index in [0.29, 0.717) is 17.0 Å². The summed E-state index contributed by atoms with van der Waals surface area (Å²) in [6, 6.07) is 6.16. The van der Waals surface area contributed by atoms with Gasteiger partial charge >= 0.3 is 11.9 Å². The number of hydrogen-bond acceptors (Lipinski definition) is 7. The van der Waals surface area contributed by atoms with Crippen molar-refractivity contribution in [2.75, 3.05) is 18.4 Å². The molecule has 1 aliphatic rings. The van der Waals surface area contributed by atoms with Crippen LogP contribution in [0.15, 0.2) is 45.8 Å². The molecular formula is C19H18F3N5O3. The number of nitrogens with one attached hydrogen (secondary N) is 3. The Labute approximate surface area is 168 Å². The number of ether oxygens (including phenoxy) is 1. The third-order valence-electron chi connectivity index (χ3n) is 4.64. The summed E-state index contributed by atoms with van der Waals surface area (Å²) in [6.45, 7) is 1.64. The number of H-pyrrole nitrogens is 1. The second-order valence-electron chi connectivity index (χ2n) is 6.74. The van der Waals surface area contributed by atoms with Crippen molar-refractivity contribution in [2.45, 2.75) is 25.1 Å². The summed E-state index contributed by atoms with van der Waals surface area (Å²) in [5.41, 5.74) is -0.0338. The maximum Gasteiger partial charge on any atom is 0.439 e. The molecule has 1 aromatic carbocycles. The number of rotatable bonds is 5. The molecule has 0 radical (unpaired) electrons. The van der Waals surface area contributed by atoms with E-state index in [-0.39, 0.29) is 17.7 Å². The molecule has 158 valence electrons. The lowest BCUT2D eigenvalue weighted by Crippen LogP contribution is -2.34. The van der Waals surface area contributed by atoms with Crippen molar-refractivity contribution in [2.24, 2.45) is 0 Å². The van der Waals surface area contributed by atoms with Crippen molar-refractivity contribution < 1.29 is 22.4 Å². The zero-order valence-corrected chi connectivity index (χ0v) is 15.6. The second kappa shape index (κ2) is 8.19. The van der Waals surface area contributed by atoms with Gasteiger partial charge in [-0.1, -0.05) is 5.16 Å². The number of halogens is 3. The first kappa shape index (κ1) is 20.0. The van der Waals surface area contributed by atoms with Crippen molar-refractivity contribution in [1.82, 2.24) is 20.4 Å². The van der Waals surface area contributed by atoms with Crippen molar-refractivity contribution in [1.29, 1.82) is 0 Å². The smallest absolute Gasteiger partial charge is 0.439 e. The lowest BCUT2D eigenvalue weighted by atomic mass is 10.1. The molecule has 0 unspecified atom stereocenters. The van der Waals surface area contributed by atoms with Gasteiger partial charge in [-0.2, -0.15) is 13.2 Å². The molecule has 0 spiro atoms. The van der Waals surface area contributed by atoms with E-state index in [1.54, 1.807) is 6.07 Å². The van der Waals surface area contributed by atoms with Gasteiger partial charge in [0.1, 0.15) is 23.2 Å². The fourth-order valence-electron chi connectivity index (χ4n) is 3.18. The summed E-state index contributed by atoms with van der Waals surface area (Å²) >= 11 is 0. The number of pyridine rings is 1. The van der Waals surface area contributed by atoms with Crippen molar-refractivity contribution in [3.05, 3.63) is 52.6 Å². The van der Waals surface area contributed by atoms with E-state index in [2.05, 4.69) is 30.3 Å². The van der Waals surface area contributed by atoms with Gasteiger partial charge in [0.05, 0.1) is 5.56 Å². The van der Waals surface area contributed by atoms with Crippen LogP contribution in [0.5, 0.6) is 5.75 Å². The van der Waals surface area contributed by atoms with E-state index in [4.69, 9.17) is 4.74 Å². The zero-order valence-electron chi connectivity index (χ0n) is 15.6. The molecule has 1 aliphatic heterocycles. The van der Waals surface area contributed by atoms with Crippen LogP contribution >= 0.6 is 0 Å². The topological polar surface area (TPSA) is 105 Å². The van der Waals surface area contributed by atoms with Crippen LogP contribution in [0, 0.1) is 0 Å². The summed E-state index contributed by atoms with van der Waals surface area (Å²) in [5.74, 6) is 0.0372. The Bertz CT molecular complexity index is 1060. The lowest BCUT2D eigenvalue weighted by molar-refractivity contribution is -0.137. The SMILES string of the molecule is O=c1[nH]c(-c2c(OC3CCNCC3)ccnc2Nc2ccc(C(F)(F)F)cc2)no1. The van der Waals surface area contributed by atoms with Gasteiger partial charge in [0.2, 0.25) is 0 Å². The molecule has 0 aliphatic carbocycles. The molecule has 30 heavy (non-hydrogen) atoms. The first-order valence-corrected chi connectivity index (χ1v) is 9.27. The summed E-state index contributed by atoms with van der Waals surface area (Å²) in [6.07, 6.45) is -1.35. The van der Waals surface area contributed by atoms with E-state index in [9.17, 15) is 18.0 Å².